The van der Waals surface area contributed by atoms with Gasteiger partial charge in [0.05, 0.1) is 12.9 Å². The summed E-state index contributed by atoms with van der Waals surface area (Å²) in [4.78, 5) is 0. The molecule has 0 radical (unpaired) electrons. The maximum atomic E-state index is 12.6. The molecule has 1 aromatic heterocycles. The fourth-order valence-electron chi connectivity index (χ4n) is 3.18. The molecule has 5 heteroatoms. The zero-order valence-electron chi connectivity index (χ0n) is 16.1. The van der Waals surface area contributed by atoms with Crippen molar-refractivity contribution < 1.29 is 13.5 Å². The van der Waals surface area contributed by atoms with Crippen LogP contribution in [0.25, 0.3) is 22.4 Å². The van der Waals surface area contributed by atoms with Gasteiger partial charge in [-0.1, -0.05) is 71.9 Å². The summed E-state index contributed by atoms with van der Waals surface area (Å²) >= 11 is 0. The Bertz CT molecular complexity index is 1100. The first-order chi connectivity index (χ1) is 14.2. The van der Waals surface area contributed by atoms with E-state index in [9.17, 15) is 4.21 Å². The zero-order chi connectivity index (χ0) is 20.1. The standard InChI is InChI=1S/C24H21NO3S/c1-27-24-10-6-5-9-22(24)23-15-21(28-25-23)17-29(26)16-18-11-13-20(14-12-18)19-7-3-2-4-8-19/h2-15H,16-17H2,1H3/t29-/m0/s1. The van der Waals surface area contributed by atoms with Crippen LogP contribution in [-0.4, -0.2) is 16.5 Å². The molecule has 0 spiro atoms. The van der Waals surface area contributed by atoms with Gasteiger partial charge in [-0.2, -0.15) is 0 Å². The van der Waals surface area contributed by atoms with Crippen molar-refractivity contribution in [3.63, 3.8) is 0 Å². The Labute approximate surface area is 172 Å². The Kier molecular flexibility index (Phi) is 5.86. The summed E-state index contributed by atoms with van der Waals surface area (Å²) in [6, 6.07) is 27.8. The van der Waals surface area contributed by atoms with Gasteiger partial charge in [0.1, 0.15) is 17.2 Å². The molecule has 3 aromatic carbocycles. The Hall–Kier alpha value is -3.18. The maximum absolute atomic E-state index is 12.6. The van der Waals surface area contributed by atoms with Crippen LogP contribution in [0.1, 0.15) is 11.3 Å². The highest BCUT2D eigenvalue weighted by molar-refractivity contribution is 7.83. The predicted octanol–water partition coefficient (Wildman–Crippen LogP) is 5.47. The fraction of sp³-hybridized carbons (Fsp3) is 0.125. The highest BCUT2D eigenvalue weighted by atomic mass is 32.2. The third kappa shape index (κ3) is 4.63. The average Bonchev–Trinajstić information content (AvgIpc) is 3.23. The highest BCUT2D eigenvalue weighted by Gasteiger charge is 2.13. The molecule has 0 aliphatic rings. The van der Waals surface area contributed by atoms with E-state index in [2.05, 4.69) is 29.4 Å². The van der Waals surface area contributed by atoms with Gasteiger partial charge in [-0.05, 0) is 28.8 Å². The number of para-hydroxylation sites is 1. The second-order valence-electron chi connectivity index (χ2n) is 6.67. The molecule has 0 aliphatic heterocycles. The Morgan fingerprint density at radius 2 is 1.55 bits per heavy atom. The molecule has 1 heterocycles. The number of hydrogen-bond donors (Lipinski definition) is 0. The minimum atomic E-state index is -1.09. The summed E-state index contributed by atoms with van der Waals surface area (Å²) < 4.78 is 23.4. The van der Waals surface area contributed by atoms with Crippen molar-refractivity contribution in [2.24, 2.45) is 0 Å². The van der Waals surface area contributed by atoms with Gasteiger partial charge in [-0.25, -0.2) is 0 Å². The van der Waals surface area contributed by atoms with E-state index < -0.39 is 10.8 Å². The quantitative estimate of drug-likeness (QED) is 0.411. The van der Waals surface area contributed by atoms with Gasteiger partial charge >= 0.3 is 0 Å². The molecular formula is C24H21NO3S. The van der Waals surface area contributed by atoms with Gasteiger partial charge in [-0.15, -0.1) is 0 Å². The Balaban J connectivity index is 1.41. The molecule has 29 heavy (non-hydrogen) atoms. The molecule has 4 aromatic rings. The lowest BCUT2D eigenvalue weighted by atomic mass is 10.0. The van der Waals surface area contributed by atoms with Crippen LogP contribution in [0.5, 0.6) is 5.75 Å². The van der Waals surface area contributed by atoms with Crippen molar-refractivity contribution in [2.75, 3.05) is 7.11 Å². The molecule has 4 rings (SSSR count). The van der Waals surface area contributed by atoms with E-state index in [-0.39, 0.29) is 0 Å². The Morgan fingerprint density at radius 3 is 2.31 bits per heavy atom. The van der Waals surface area contributed by atoms with Crippen LogP contribution in [0.15, 0.2) is 89.5 Å². The van der Waals surface area contributed by atoms with E-state index in [1.54, 1.807) is 7.11 Å². The van der Waals surface area contributed by atoms with Crippen LogP contribution in [0.3, 0.4) is 0 Å². The van der Waals surface area contributed by atoms with Crippen LogP contribution in [0.2, 0.25) is 0 Å². The first-order valence-electron chi connectivity index (χ1n) is 9.31. The first kappa shape index (κ1) is 19.2. The monoisotopic (exact) mass is 403 g/mol. The number of rotatable bonds is 7. The third-order valence-electron chi connectivity index (χ3n) is 4.63. The lowest BCUT2D eigenvalue weighted by Crippen LogP contribution is -1.98. The van der Waals surface area contributed by atoms with Crippen molar-refractivity contribution in [1.29, 1.82) is 0 Å². The fourth-order valence-corrected chi connectivity index (χ4v) is 4.30. The minimum absolute atomic E-state index is 0.322. The van der Waals surface area contributed by atoms with E-state index >= 15 is 0 Å². The summed E-state index contributed by atoms with van der Waals surface area (Å²) in [6.07, 6.45) is 0. The van der Waals surface area contributed by atoms with E-state index in [4.69, 9.17) is 9.26 Å². The molecule has 0 amide bonds. The van der Waals surface area contributed by atoms with Crippen LogP contribution < -0.4 is 4.74 Å². The number of methoxy groups -OCH3 is 1. The van der Waals surface area contributed by atoms with Crippen LogP contribution in [0.4, 0.5) is 0 Å². The van der Waals surface area contributed by atoms with Crippen LogP contribution in [0, 0.1) is 0 Å². The second kappa shape index (κ2) is 8.88. The van der Waals surface area contributed by atoms with Crippen molar-refractivity contribution in [2.45, 2.75) is 11.5 Å². The zero-order valence-corrected chi connectivity index (χ0v) is 16.9. The van der Waals surface area contributed by atoms with Gasteiger partial charge < -0.3 is 9.26 Å². The number of hydrogen-bond acceptors (Lipinski definition) is 4. The van der Waals surface area contributed by atoms with Gasteiger partial charge in [0.2, 0.25) is 0 Å². The summed E-state index contributed by atoms with van der Waals surface area (Å²) in [7, 11) is 0.535. The molecule has 4 nitrogen and oxygen atoms in total. The van der Waals surface area contributed by atoms with E-state index in [1.807, 2.05) is 60.7 Å². The molecular weight excluding hydrogens is 382 g/mol. The topological polar surface area (TPSA) is 52.3 Å². The lowest BCUT2D eigenvalue weighted by Gasteiger charge is -2.04. The van der Waals surface area contributed by atoms with E-state index in [0.29, 0.717) is 23.0 Å². The van der Waals surface area contributed by atoms with Crippen molar-refractivity contribution in [1.82, 2.24) is 5.16 Å². The normalized spacial score (nSPS) is 11.9. The minimum Gasteiger partial charge on any atom is -0.496 e. The van der Waals surface area contributed by atoms with Crippen LogP contribution in [-0.2, 0) is 22.3 Å². The Morgan fingerprint density at radius 1 is 0.862 bits per heavy atom. The molecule has 0 unspecified atom stereocenters. The molecule has 146 valence electrons. The maximum Gasteiger partial charge on any atom is 0.149 e. The number of ether oxygens (including phenoxy) is 1. The van der Waals surface area contributed by atoms with E-state index in [0.717, 1.165) is 22.4 Å². The average molecular weight is 404 g/mol. The molecule has 1 atom stereocenters. The molecule has 0 fully saturated rings. The predicted molar refractivity (Wildman–Crippen MR) is 116 cm³/mol. The van der Waals surface area contributed by atoms with Gasteiger partial charge in [0.25, 0.3) is 0 Å². The molecule has 0 aliphatic carbocycles. The SMILES string of the molecule is COc1ccccc1-c1cc(C[S@@](=O)Cc2ccc(-c3ccccc3)cc2)on1. The van der Waals surface area contributed by atoms with Gasteiger partial charge in [0, 0.05) is 28.2 Å². The lowest BCUT2D eigenvalue weighted by molar-refractivity contribution is 0.394. The third-order valence-corrected chi connectivity index (χ3v) is 5.90. The highest BCUT2D eigenvalue weighted by Crippen LogP contribution is 2.29. The smallest absolute Gasteiger partial charge is 0.149 e. The number of benzene rings is 3. The summed E-state index contributed by atoms with van der Waals surface area (Å²) in [6.45, 7) is 0. The molecule has 0 saturated carbocycles. The number of nitrogens with zero attached hydrogens (tertiary/aromatic N) is 1. The number of aromatic nitrogens is 1. The van der Waals surface area contributed by atoms with Crippen molar-refractivity contribution in [3.8, 4) is 28.1 Å². The van der Waals surface area contributed by atoms with Crippen molar-refractivity contribution >= 4 is 10.8 Å². The van der Waals surface area contributed by atoms with Crippen molar-refractivity contribution in [3.05, 3.63) is 96.3 Å². The largest absolute Gasteiger partial charge is 0.496 e. The van der Waals surface area contributed by atoms with E-state index in [1.165, 1.54) is 5.56 Å². The molecule has 0 bridgehead atoms. The van der Waals surface area contributed by atoms with Crippen LogP contribution >= 0.6 is 0 Å². The van der Waals surface area contributed by atoms with Gasteiger partial charge in [0.15, 0.2) is 0 Å². The summed E-state index contributed by atoms with van der Waals surface area (Å²) in [5, 5.41) is 4.11. The first-order valence-corrected chi connectivity index (χ1v) is 10.8. The second-order valence-corrected chi connectivity index (χ2v) is 8.13. The summed E-state index contributed by atoms with van der Waals surface area (Å²) in [5.41, 5.74) is 4.89. The summed E-state index contributed by atoms with van der Waals surface area (Å²) in [5.74, 6) is 2.12. The molecule has 0 N–H and O–H groups in total. The molecule has 0 saturated heterocycles. The van der Waals surface area contributed by atoms with Gasteiger partial charge in [-0.3, -0.25) is 4.21 Å².